The second-order valence-electron chi connectivity index (χ2n) is 11.5. The van der Waals surface area contributed by atoms with Crippen molar-refractivity contribution in [2.75, 3.05) is 18.0 Å². The highest BCUT2D eigenvalue weighted by molar-refractivity contribution is 7.19. The van der Waals surface area contributed by atoms with Gasteiger partial charge in [0.1, 0.15) is 6.33 Å². The number of imide groups is 1. The molecular weight excluding hydrogens is 506 g/mol. The fraction of sp³-hybridized carbons (Fsp3) is 0.500. The number of hydrogen-bond donors (Lipinski definition) is 1. The average molecular weight is 534 g/mol. The highest BCUT2D eigenvalue weighted by Gasteiger charge is 2.51. The Morgan fingerprint density at radius 2 is 1.97 bits per heavy atom. The Labute approximate surface area is 224 Å². The summed E-state index contributed by atoms with van der Waals surface area (Å²) >= 11 is 8.33. The molecule has 7 nitrogen and oxygen atoms in total. The van der Waals surface area contributed by atoms with Crippen molar-refractivity contribution in [3.63, 3.8) is 0 Å². The van der Waals surface area contributed by atoms with Crippen molar-refractivity contribution < 1.29 is 9.59 Å². The van der Waals surface area contributed by atoms with E-state index in [0.29, 0.717) is 42.8 Å². The summed E-state index contributed by atoms with van der Waals surface area (Å²) in [5.41, 5.74) is 5.83. The van der Waals surface area contributed by atoms with Crippen LogP contribution in [0.4, 0.5) is 5.69 Å². The first-order valence-corrected chi connectivity index (χ1v) is 14.6. The second kappa shape index (κ2) is 7.98. The second-order valence-corrected chi connectivity index (χ2v) is 13.1. The molecule has 2 saturated heterocycles. The quantitative estimate of drug-likeness (QED) is 0.482. The van der Waals surface area contributed by atoms with E-state index in [4.69, 9.17) is 16.6 Å². The normalized spacial score (nSPS) is 27.6. The minimum absolute atomic E-state index is 0.0956. The lowest BCUT2D eigenvalue weighted by Gasteiger charge is -2.41. The number of benzene rings is 1. The van der Waals surface area contributed by atoms with E-state index in [9.17, 15) is 9.59 Å². The SMILES string of the molecule is O=C1CCC(=O)N1Cc1cc2ncnc(-c3cc(Cl)cc4c3N([C@@H]3CNC5(CCC5)C3)C[C@@H]3C[C@H]43)c2s1. The number of nitrogens with zero attached hydrogens (tertiary/aromatic N) is 4. The molecule has 3 aliphatic heterocycles. The van der Waals surface area contributed by atoms with E-state index in [-0.39, 0.29) is 11.8 Å². The molecule has 1 N–H and O–H groups in total. The first kappa shape index (κ1) is 22.4. The Bertz CT molecular complexity index is 1470. The van der Waals surface area contributed by atoms with Crippen molar-refractivity contribution in [1.82, 2.24) is 20.2 Å². The lowest BCUT2D eigenvalue weighted by atomic mass is 9.75. The topological polar surface area (TPSA) is 78.4 Å². The number of anilines is 1. The van der Waals surface area contributed by atoms with Gasteiger partial charge in [0.05, 0.1) is 28.1 Å². The molecule has 5 heterocycles. The summed E-state index contributed by atoms with van der Waals surface area (Å²) in [6.45, 7) is 2.43. The smallest absolute Gasteiger partial charge is 0.230 e. The molecule has 3 aromatic rings. The van der Waals surface area contributed by atoms with Crippen molar-refractivity contribution in [3.8, 4) is 11.3 Å². The molecule has 1 aromatic carbocycles. The zero-order chi connectivity index (χ0) is 24.9. The van der Waals surface area contributed by atoms with Crippen LogP contribution in [-0.2, 0) is 16.1 Å². The monoisotopic (exact) mass is 533 g/mol. The average Bonchev–Trinajstić information content (AvgIpc) is 3.18. The Hall–Kier alpha value is -2.55. The molecule has 4 fully saturated rings. The summed E-state index contributed by atoms with van der Waals surface area (Å²) < 4.78 is 0.985. The third kappa shape index (κ3) is 3.48. The van der Waals surface area contributed by atoms with Gasteiger partial charge < -0.3 is 10.2 Å². The zero-order valence-electron chi connectivity index (χ0n) is 20.5. The summed E-state index contributed by atoms with van der Waals surface area (Å²) in [5.74, 6) is 1.11. The number of halogens is 1. The number of likely N-dealkylation sites (tertiary alicyclic amines) is 1. The number of amides is 2. The molecule has 1 spiro atoms. The number of nitrogens with one attached hydrogen (secondary N) is 1. The van der Waals surface area contributed by atoms with Gasteiger partial charge in [-0.3, -0.25) is 14.5 Å². The van der Waals surface area contributed by atoms with Gasteiger partial charge in [-0.1, -0.05) is 11.6 Å². The van der Waals surface area contributed by atoms with E-state index in [1.54, 1.807) is 17.7 Å². The van der Waals surface area contributed by atoms with E-state index < -0.39 is 0 Å². The van der Waals surface area contributed by atoms with Gasteiger partial charge in [0.15, 0.2) is 0 Å². The van der Waals surface area contributed by atoms with Gasteiger partial charge in [-0.15, -0.1) is 11.3 Å². The molecule has 3 atom stereocenters. The molecule has 190 valence electrons. The molecule has 0 unspecified atom stereocenters. The first-order valence-electron chi connectivity index (χ1n) is 13.4. The van der Waals surface area contributed by atoms with E-state index in [1.165, 1.54) is 48.3 Å². The molecule has 2 amide bonds. The van der Waals surface area contributed by atoms with Crippen LogP contribution in [0.2, 0.25) is 5.02 Å². The minimum Gasteiger partial charge on any atom is -0.366 e. The third-order valence-electron chi connectivity index (χ3n) is 9.32. The third-order valence-corrected chi connectivity index (χ3v) is 10.7. The standard InChI is InChI=1S/C28H28ClN5O2S/c29-16-7-20-19-6-15(19)12-33(17-10-28(32-11-17)4-1-5-28)26(20)21(8-16)25-27-22(30-14-31-25)9-18(37-27)13-34-23(35)2-3-24(34)36/h7-9,14-15,17,19,32H,1-6,10-13H2/t15-,17-,19-/m0/s1. The molecule has 37 heavy (non-hydrogen) atoms. The summed E-state index contributed by atoms with van der Waals surface area (Å²) in [6.07, 6.45) is 8.57. The van der Waals surface area contributed by atoms with Crippen molar-refractivity contribution in [1.29, 1.82) is 0 Å². The Morgan fingerprint density at radius 1 is 1.14 bits per heavy atom. The predicted octanol–water partition coefficient (Wildman–Crippen LogP) is 4.87. The molecule has 2 aliphatic carbocycles. The highest BCUT2D eigenvalue weighted by atomic mass is 35.5. The van der Waals surface area contributed by atoms with Crippen LogP contribution in [0.15, 0.2) is 24.5 Å². The van der Waals surface area contributed by atoms with Gasteiger partial charge in [-0.2, -0.15) is 0 Å². The number of hydrogen-bond acceptors (Lipinski definition) is 7. The van der Waals surface area contributed by atoms with Gasteiger partial charge in [0, 0.05) is 53.0 Å². The van der Waals surface area contributed by atoms with Gasteiger partial charge in [-0.25, -0.2) is 9.97 Å². The molecular formula is C28H28ClN5O2S. The number of carbonyl (C=O) groups excluding carboxylic acids is 2. The molecule has 2 saturated carbocycles. The molecule has 2 aromatic heterocycles. The van der Waals surface area contributed by atoms with Crippen LogP contribution < -0.4 is 10.2 Å². The van der Waals surface area contributed by atoms with E-state index in [0.717, 1.165) is 44.5 Å². The predicted molar refractivity (Wildman–Crippen MR) is 144 cm³/mol. The maximum atomic E-state index is 12.2. The van der Waals surface area contributed by atoms with Crippen LogP contribution in [-0.4, -0.2) is 51.4 Å². The fourth-order valence-electron chi connectivity index (χ4n) is 7.17. The van der Waals surface area contributed by atoms with Gasteiger partial charge in [-0.05, 0) is 67.7 Å². The van der Waals surface area contributed by atoms with Crippen LogP contribution in [0.25, 0.3) is 21.5 Å². The van der Waals surface area contributed by atoms with Crippen molar-refractivity contribution in [2.45, 2.75) is 69.0 Å². The van der Waals surface area contributed by atoms with Crippen LogP contribution in [0.3, 0.4) is 0 Å². The molecule has 8 rings (SSSR count). The number of thiophene rings is 1. The zero-order valence-corrected chi connectivity index (χ0v) is 22.1. The number of fused-ring (bicyclic) bond motifs is 4. The summed E-state index contributed by atoms with van der Waals surface area (Å²) in [7, 11) is 0. The van der Waals surface area contributed by atoms with Crippen LogP contribution >= 0.6 is 22.9 Å². The van der Waals surface area contributed by atoms with Crippen molar-refractivity contribution >= 4 is 50.7 Å². The summed E-state index contributed by atoms with van der Waals surface area (Å²) in [5, 5.41) is 4.62. The maximum Gasteiger partial charge on any atom is 0.230 e. The molecule has 5 aliphatic rings. The summed E-state index contributed by atoms with van der Waals surface area (Å²) in [6, 6.07) is 6.73. The minimum atomic E-state index is -0.0956. The molecule has 9 heteroatoms. The van der Waals surface area contributed by atoms with Gasteiger partial charge in [0.2, 0.25) is 11.8 Å². The number of carbonyl (C=O) groups is 2. The Kier molecular flexibility index (Phi) is 4.84. The van der Waals surface area contributed by atoms with Crippen molar-refractivity contribution in [2.24, 2.45) is 5.92 Å². The summed E-state index contributed by atoms with van der Waals surface area (Å²) in [4.78, 5) is 38.8. The van der Waals surface area contributed by atoms with Gasteiger partial charge >= 0.3 is 0 Å². The molecule has 0 bridgehead atoms. The van der Waals surface area contributed by atoms with Gasteiger partial charge in [0.25, 0.3) is 0 Å². The van der Waals surface area contributed by atoms with E-state index in [2.05, 4.69) is 27.3 Å². The fourth-order valence-corrected chi connectivity index (χ4v) is 8.50. The highest BCUT2D eigenvalue weighted by Crippen LogP contribution is 2.59. The van der Waals surface area contributed by atoms with Crippen LogP contribution in [0.5, 0.6) is 0 Å². The Morgan fingerprint density at radius 3 is 2.73 bits per heavy atom. The van der Waals surface area contributed by atoms with E-state index >= 15 is 0 Å². The van der Waals surface area contributed by atoms with Crippen LogP contribution in [0, 0.1) is 5.92 Å². The van der Waals surface area contributed by atoms with Crippen LogP contribution in [0.1, 0.15) is 61.3 Å². The Balaban J connectivity index is 1.23. The first-order chi connectivity index (χ1) is 18.0. The number of aromatic nitrogens is 2. The number of rotatable bonds is 4. The lowest BCUT2D eigenvalue weighted by molar-refractivity contribution is -0.138. The lowest BCUT2D eigenvalue weighted by Crippen LogP contribution is -2.46. The van der Waals surface area contributed by atoms with Crippen molar-refractivity contribution in [3.05, 3.63) is 40.0 Å². The maximum absolute atomic E-state index is 12.2. The molecule has 0 radical (unpaired) electrons. The largest absolute Gasteiger partial charge is 0.366 e. The van der Waals surface area contributed by atoms with E-state index in [1.807, 2.05) is 6.07 Å².